The van der Waals surface area contributed by atoms with E-state index in [1.165, 1.54) is 6.92 Å². The third kappa shape index (κ3) is 6.28. The Kier molecular flexibility index (Phi) is 3.48. The topological polar surface area (TPSA) is 38.7 Å². The summed E-state index contributed by atoms with van der Waals surface area (Å²) in [5.74, 6) is -1.47. The van der Waals surface area contributed by atoms with Crippen molar-refractivity contribution in [3.8, 4) is 0 Å². The van der Waals surface area contributed by atoms with Crippen LogP contribution in [0.15, 0.2) is 0 Å². The summed E-state index contributed by atoms with van der Waals surface area (Å²) in [4.78, 5) is 0. The Balaban J connectivity index is 3.91. The Bertz CT molecular complexity index is 113. The third-order valence-electron chi connectivity index (χ3n) is 0.908. The predicted octanol–water partition coefficient (Wildman–Crippen LogP) is 1.50. The molecule has 0 heterocycles. The van der Waals surface area contributed by atoms with Crippen LogP contribution in [0.4, 0.5) is 0 Å². The molecular formula is C8H18O3. The van der Waals surface area contributed by atoms with Gasteiger partial charge in [0.05, 0.1) is 5.60 Å². The maximum absolute atomic E-state index is 9.41. The van der Waals surface area contributed by atoms with Gasteiger partial charge in [0.1, 0.15) is 0 Å². The largest absolute Gasteiger partial charge is 0.344 e. The molecule has 1 N–H and O–H groups in total. The van der Waals surface area contributed by atoms with Gasteiger partial charge in [-0.1, -0.05) is 0 Å². The number of hydrogen-bond acceptors (Lipinski definition) is 3. The van der Waals surface area contributed by atoms with Crippen LogP contribution in [0.25, 0.3) is 0 Å². The number of rotatable bonds is 3. The highest BCUT2D eigenvalue weighted by Gasteiger charge is 2.27. The fourth-order valence-corrected chi connectivity index (χ4v) is 0.865. The number of ether oxygens (including phenoxy) is 2. The maximum atomic E-state index is 9.41. The second-order valence-corrected chi connectivity index (χ2v) is 3.55. The lowest BCUT2D eigenvalue weighted by atomic mass is 10.2. The quantitative estimate of drug-likeness (QED) is 0.639. The highest BCUT2D eigenvalue weighted by molar-refractivity contribution is 4.61. The van der Waals surface area contributed by atoms with Crippen LogP contribution in [0, 0.1) is 0 Å². The van der Waals surface area contributed by atoms with Gasteiger partial charge in [-0.05, 0) is 27.7 Å². The zero-order chi connectivity index (χ0) is 9.12. The van der Waals surface area contributed by atoms with E-state index in [0.717, 1.165) is 0 Å². The van der Waals surface area contributed by atoms with Crippen molar-refractivity contribution in [3.63, 3.8) is 0 Å². The molecule has 0 aromatic rings. The summed E-state index contributed by atoms with van der Waals surface area (Å²) in [5.41, 5.74) is -0.390. The molecule has 3 heteroatoms. The normalized spacial score (nSPS) is 18.0. The summed E-state index contributed by atoms with van der Waals surface area (Å²) in [6.45, 7) is 9.31. The molecule has 0 radical (unpaired) electrons. The average molecular weight is 162 g/mol. The summed E-state index contributed by atoms with van der Waals surface area (Å²) in [6, 6.07) is 0. The number of hydrogen-bond donors (Lipinski definition) is 1. The first-order valence-electron chi connectivity index (χ1n) is 3.83. The molecule has 0 aliphatic carbocycles. The van der Waals surface area contributed by atoms with E-state index in [1.54, 1.807) is 6.92 Å². The molecule has 0 aliphatic rings. The second kappa shape index (κ2) is 3.52. The summed E-state index contributed by atoms with van der Waals surface area (Å²) >= 11 is 0. The molecule has 0 amide bonds. The molecule has 1 unspecified atom stereocenters. The predicted molar refractivity (Wildman–Crippen MR) is 43.1 cm³/mol. The molecule has 0 aliphatic heterocycles. The molecule has 0 rings (SSSR count). The Morgan fingerprint density at radius 1 is 1.18 bits per heavy atom. The molecule has 68 valence electrons. The van der Waals surface area contributed by atoms with E-state index in [-0.39, 0.29) is 0 Å². The van der Waals surface area contributed by atoms with Gasteiger partial charge >= 0.3 is 0 Å². The van der Waals surface area contributed by atoms with Gasteiger partial charge in [-0.15, -0.1) is 0 Å². The fraction of sp³-hybridized carbons (Fsp3) is 1.00. The van der Waals surface area contributed by atoms with Gasteiger partial charge in [0.25, 0.3) is 5.97 Å². The minimum Gasteiger partial charge on any atom is -0.344 e. The Morgan fingerprint density at radius 2 is 1.64 bits per heavy atom. The minimum atomic E-state index is -1.47. The summed E-state index contributed by atoms with van der Waals surface area (Å²) in [6.07, 6.45) is 0. The monoisotopic (exact) mass is 162 g/mol. The summed E-state index contributed by atoms with van der Waals surface area (Å²) < 4.78 is 10.1. The first kappa shape index (κ1) is 10.9. The van der Waals surface area contributed by atoms with Gasteiger partial charge < -0.3 is 14.6 Å². The van der Waals surface area contributed by atoms with Crippen LogP contribution in [0.3, 0.4) is 0 Å². The van der Waals surface area contributed by atoms with E-state index < -0.39 is 11.6 Å². The Morgan fingerprint density at radius 3 is 1.91 bits per heavy atom. The van der Waals surface area contributed by atoms with Crippen molar-refractivity contribution in [1.82, 2.24) is 0 Å². The lowest BCUT2D eigenvalue weighted by molar-refractivity contribution is -0.375. The van der Waals surface area contributed by atoms with Gasteiger partial charge in [0.15, 0.2) is 0 Å². The molecule has 0 aromatic carbocycles. The smallest absolute Gasteiger partial charge is 0.277 e. The van der Waals surface area contributed by atoms with Gasteiger partial charge in [-0.3, -0.25) is 0 Å². The lowest BCUT2D eigenvalue weighted by Gasteiger charge is -2.31. The van der Waals surface area contributed by atoms with Gasteiger partial charge in [0.2, 0.25) is 0 Å². The lowest BCUT2D eigenvalue weighted by Crippen LogP contribution is -2.39. The SMILES string of the molecule is CCOC(C)(O)OC(C)(C)C. The van der Waals surface area contributed by atoms with Crippen LogP contribution in [-0.4, -0.2) is 23.3 Å². The maximum Gasteiger partial charge on any atom is 0.277 e. The van der Waals surface area contributed by atoms with Crippen molar-refractivity contribution in [2.45, 2.75) is 46.2 Å². The van der Waals surface area contributed by atoms with Gasteiger partial charge in [0, 0.05) is 13.5 Å². The first-order valence-corrected chi connectivity index (χ1v) is 3.83. The molecule has 0 fully saturated rings. The fourth-order valence-electron chi connectivity index (χ4n) is 0.865. The molecule has 0 bridgehead atoms. The van der Waals surface area contributed by atoms with Crippen LogP contribution >= 0.6 is 0 Å². The van der Waals surface area contributed by atoms with E-state index >= 15 is 0 Å². The highest BCUT2D eigenvalue weighted by atomic mass is 16.8. The van der Waals surface area contributed by atoms with E-state index in [1.807, 2.05) is 20.8 Å². The van der Waals surface area contributed by atoms with Crippen LogP contribution in [0.5, 0.6) is 0 Å². The first-order chi connectivity index (χ1) is 4.77. The summed E-state index contributed by atoms with van der Waals surface area (Å²) in [5, 5.41) is 9.41. The third-order valence-corrected chi connectivity index (χ3v) is 0.908. The molecule has 3 nitrogen and oxygen atoms in total. The van der Waals surface area contributed by atoms with E-state index in [9.17, 15) is 5.11 Å². The van der Waals surface area contributed by atoms with E-state index in [0.29, 0.717) is 6.61 Å². The Labute approximate surface area is 68.3 Å². The molecule has 11 heavy (non-hydrogen) atoms. The van der Waals surface area contributed by atoms with E-state index in [4.69, 9.17) is 9.47 Å². The average Bonchev–Trinajstić information content (AvgIpc) is 1.55. The van der Waals surface area contributed by atoms with Crippen molar-refractivity contribution in [3.05, 3.63) is 0 Å². The number of aliphatic hydroxyl groups is 1. The summed E-state index contributed by atoms with van der Waals surface area (Å²) in [7, 11) is 0. The molecule has 0 saturated carbocycles. The molecule has 0 saturated heterocycles. The zero-order valence-corrected chi connectivity index (χ0v) is 7.97. The van der Waals surface area contributed by atoms with Crippen molar-refractivity contribution < 1.29 is 14.6 Å². The van der Waals surface area contributed by atoms with E-state index in [2.05, 4.69) is 0 Å². The van der Waals surface area contributed by atoms with Crippen molar-refractivity contribution in [2.24, 2.45) is 0 Å². The standard InChI is InChI=1S/C8H18O3/c1-6-10-8(5,9)11-7(2,3)4/h9H,6H2,1-5H3. The Hall–Kier alpha value is -0.120. The van der Waals surface area contributed by atoms with Crippen LogP contribution in [0.2, 0.25) is 0 Å². The van der Waals surface area contributed by atoms with Crippen LogP contribution in [-0.2, 0) is 9.47 Å². The molecule has 0 aromatic heterocycles. The minimum absolute atomic E-state index is 0.390. The van der Waals surface area contributed by atoms with Gasteiger partial charge in [-0.2, -0.15) is 0 Å². The second-order valence-electron chi connectivity index (χ2n) is 3.55. The van der Waals surface area contributed by atoms with Crippen LogP contribution < -0.4 is 0 Å². The zero-order valence-electron chi connectivity index (χ0n) is 7.97. The molecule has 0 spiro atoms. The molecule has 1 atom stereocenters. The molecular weight excluding hydrogens is 144 g/mol. The van der Waals surface area contributed by atoms with Gasteiger partial charge in [-0.25, -0.2) is 0 Å². The van der Waals surface area contributed by atoms with Crippen molar-refractivity contribution >= 4 is 0 Å². The van der Waals surface area contributed by atoms with Crippen molar-refractivity contribution in [2.75, 3.05) is 6.61 Å². The highest BCUT2D eigenvalue weighted by Crippen LogP contribution is 2.18. The van der Waals surface area contributed by atoms with Crippen molar-refractivity contribution in [1.29, 1.82) is 0 Å². The van der Waals surface area contributed by atoms with Crippen LogP contribution in [0.1, 0.15) is 34.6 Å².